The third-order valence-corrected chi connectivity index (χ3v) is 2.75. The van der Waals surface area contributed by atoms with E-state index in [4.69, 9.17) is 0 Å². The molecule has 2 aromatic carbocycles. The van der Waals surface area contributed by atoms with Crippen LogP contribution in [0.25, 0.3) is 0 Å². The third-order valence-electron chi connectivity index (χ3n) is 2.75. The standard InChI is InChI=1S/C15H14O/c1-11-6-8-13(9-7-11)12(2)14-4-3-5-15(16)10-14/h3-10H,1-2H3. The van der Waals surface area contributed by atoms with Crippen molar-refractivity contribution in [3.8, 4) is 5.75 Å². The zero-order chi connectivity index (χ0) is 11.5. The van der Waals surface area contributed by atoms with Crippen LogP contribution >= 0.6 is 0 Å². The Morgan fingerprint density at radius 3 is 2.25 bits per heavy atom. The minimum atomic E-state index is 0.0592. The molecule has 0 radical (unpaired) electrons. The van der Waals surface area contributed by atoms with E-state index in [1.54, 1.807) is 18.2 Å². The summed E-state index contributed by atoms with van der Waals surface area (Å²) in [6.45, 7) is 4.11. The minimum Gasteiger partial charge on any atom is -0.866 e. The molecule has 0 N–H and O–H groups in total. The summed E-state index contributed by atoms with van der Waals surface area (Å²) in [5.41, 5.74) is 3.40. The first-order valence-corrected chi connectivity index (χ1v) is 5.35. The van der Waals surface area contributed by atoms with Gasteiger partial charge in [-0.2, -0.15) is 0 Å². The van der Waals surface area contributed by atoms with Crippen LogP contribution in [-0.2, 0) is 0 Å². The van der Waals surface area contributed by atoms with Crippen LogP contribution in [-0.4, -0.2) is 0 Å². The first kappa shape index (κ1) is 10.6. The fraction of sp³-hybridized carbons (Fsp3) is 0.133. The van der Waals surface area contributed by atoms with Gasteiger partial charge in [-0.25, -0.2) is 0 Å². The largest absolute Gasteiger partial charge is 0.866 e. The van der Waals surface area contributed by atoms with Crippen molar-refractivity contribution in [2.45, 2.75) is 13.8 Å². The Labute approximate surface area is 96.4 Å². The van der Waals surface area contributed by atoms with E-state index in [0.29, 0.717) is 0 Å². The molecule has 0 aliphatic heterocycles. The molecule has 0 aromatic heterocycles. The highest BCUT2D eigenvalue weighted by Crippen LogP contribution is 2.24. The van der Waals surface area contributed by atoms with Crippen molar-refractivity contribution in [2.75, 3.05) is 0 Å². The van der Waals surface area contributed by atoms with Crippen molar-refractivity contribution in [1.29, 1.82) is 0 Å². The molecule has 80 valence electrons. The van der Waals surface area contributed by atoms with Crippen LogP contribution in [0.2, 0.25) is 0 Å². The Hall–Kier alpha value is -1.89. The highest BCUT2D eigenvalue weighted by atomic mass is 16.3. The van der Waals surface area contributed by atoms with Crippen LogP contribution in [0.3, 0.4) is 0 Å². The van der Waals surface area contributed by atoms with Gasteiger partial charge in [-0.15, -0.1) is 0 Å². The quantitative estimate of drug-likeness (QED) is 0.699. The predicted octanol–water partition coefficient (Wildman–Crippen LogP) is 3.06. The van der Waals surface area contributed by atoms with Gasteiger partial charge in [0.25, 0.3) is 0 Å². The van der Waals surface area contributed by atoms with Crippen molar-refractivity contribution in [2.24, 2.45) is 0 Å². The normalized spacial score (nSPS) is 10.1. The van der Waals surface area contributed by atoms with Gasteiger partial charge in [0.05, 0.1) is 11.1 Å². The van der Waals surface area contributed by atoms with E-state index in [1.807, 2.05) is 13.0 Å². The lowest BCUT2D eigenvalue weighted by atomic mass is 9.92. The van der Waals surface area contributed by atoms with Crippen LogP contribution in [0.15, 0.2) is 48.5 Å². The Balaban J connectivity index is 2.31. The second-order valence-corrected chi connectivity index (χ2v) is 4.02. The molecule has 0 heterocycles. The van der Waals surface area contributed by atoms with E-state index in [0.717, 1.165) is 17.0 Å². The summed E-state index contributed by atoms with van der Waals surface area (Å²) in [5, 5.41) is 11.3. The van der Waals surface area contributed by atoms with Gasteiger partial charge in [0.15, 0.2) is 0 Å². The van der Waals surface area contributed by atoms with Crippen LogP contribution in [0, 0.1) is 12.8 Å². The van der Waals surface area contributed by atoms with Gasteiger partial charge >= 0.3 is 0 Å². The van der Waals surface area contributed by atoms with Gasteiger partial charge in [0.1, 0.15) is 0 Å². The zero-order valence-electron chi connectivity index (χ0n) is 9.53. The van der Waals surface area contributed by atoms with Gasteiger partial charge < -0.3 is 5.11 Å². The summed E-state index contributed by atoms with van der Waals surface area (Å²) in [7, 11) is 0. The summed E-state index contributed by atoms with van der Waals surface area (Å²) in [4.78, 5) is 0. The van der Waals surface area contributed by atoms with Crippen molar-refractivity contribution in [3.63, 3.8) is 0 Å². The zero-order valence-corrected chi connectivity index (χ0v) is 9.53. The smallest absolute Gasteiger partial charge is 0.0753 e. The van der Waals surface area contributed by atoms with Crippen molar-refractivity contribution < 1.29 is 5.11 Å². The highest BCUT2D eigenvalue weighted by Gasteiger charge is 2.13. The van der Waals surface area contributed by atoms with Crippen molar-refractivity contribution in [1.82, 2.24) is 0 Å². The van der Waals surface area contributed by atoms with E-state index < -0.39 is 0 Å². The monoisotopic (exact) mass is 210 g/mol. The maximum atomic E-state index is 11.3. The molecule has 0 bridgehead atoms. The van der Waals surface area contributed by atoms with Crippen LogP contribution in [0.5, 0.6) is 5.75 Å². The van der Waals surface area contributed by atoms with Gasteiger partial charge in [-0.05, 0) is 43.7 Å². The van der Waals surface area contributed by atoms with E-state index in [9.17, 15) is 5.11 Å². The highest BCUT2D eigenvalue weighted by molar-refractivity contribution is 5.46. The number of benzene rings is 2. The molecule has 0 aliphatic rings. The molecule has 1 nitrogen and oxygen atoms in total. The molecule has 0 atom stereocenters. The van der Waals surface area contributed by atoms with E-state index in [1.165, 1.54) is 5.56 Å². The average Bonchev–Trinajstić information content (AvgIpc) is 2.29. The van der Waals surface area contributed by atoms with Gasteiger partial charge in [-0.1, -0.05) is 11.8 Å². The Morgan fingerprint density at radius 2 is 1.62 bits per heavy atom. The van der Waals surface area contributed by atoms with E-state index >= 15 is 0 Å². The summed E-state index contributed by atoms with van der Waals surface area (Å²) in [5.74, 6) is 1.20. The first-order valence-electron chi connectivity index (χ1n) is 5.35. The first-order chi connectivity index (χ1) is 7.66. The molecule has 0 saturated carbocycles. The molecule has 1 heteroatoms. The maximum absolute atomic E-state index is 11.3. The molecule has 0 saturated heterocycles. The fourth-order valence-electron chi connectivity index (χ4n) is 1.70. The third kappa shape index (κ3) is 2.19. The molecule has 2 aromatic rings. The second-order valence-electron chi connectivity index (χ2n) is 4.02. The molecule has 0 aliphatic carbocycles. The summed E-state index contributed by atoms with van der Waals surface area (Å²) in [6, 6.07) is 15.4. The van der Waals surface area contributed by atoms with Gasteiger partial charge in [-0.3, -0.25) is 0 Å². The Kier molecular flexibility index (Phi) is 2.86. The molecule has 2 rings (SSSR count). The lowest BCUT2D eigenvalue weighted by molar-refractivity contribution is -0.268. The topological polar surface area (TPSA) is 23.1 Å². The summed E-state index contributed by atoms with van der Waals surface area (Å²) < 4.78 is 0. The predicted molar refractivity (Wildman–Crippen MR) is 64.2 cm³/mol. The average molecular weight is 210 g/mol. The van der Waals surface area contributed by atoms with Crippen molar-refractivity contribution >= 4 is 0 Å². The molecule has 0 unspecified atom stereocenters. The SMILES string of the molecule is Cc1ccc([C+](C)c2cccc([O-])c2)cc1. The lowest BCUT2D eigenvalue weighted by Gasteiger charge is -2.09. The molecule has 0 fully saturated rings. The number of aryl methyl sites for hydroxylation is 1. The van der Waals surface area contributed by atoms with Crippen LogP contribution in [0.4, 0.5) is 0 Å². The van der Waals surface area contributed by atoms with E-state index in [-0.39, 0.29) is 5.75 Å². The number of hydrogen-bond donors (Lipinski definition) is 0. The van der Waals surface area contributed by atoms with Crippen LogP contribution in [0.1, 0.15) is 23.6 Å². The van der Waals surface area contributed by atoms with Gasteiger partial charge in [0, 0.05) is 24.1 Å². The molecule has 16 heavy (non-hydrogen) atoms. The van der Waals surface area contributed by atoms with Gasteiger partial charge in [0.2, 0.25) is 0 Å². The molecular weight excluding hydrogens is 196 g/mol. The second kappa shape index (κ2) is 4.31. The molecular formula is C15H14O. The molecule has 0 spiro atoms. The fourth-order valence-corrected chi connectivity index (χ4v) is 1.70. The number of rotatable bonds is 2. The van der Waals surface area contributed by atoms with Crippen molar-refractivity contribution in [3.05, 3.63) is 71.1 Å². The van der Waals surface area contributed by atoms with E-state index in [2.05, 4.69) is 31.2 Å². The minimum absolute atomic E-state index is 0.0592. The summed E-state index contributed by atoms with van der Waals surface area (Å²) in [6.07, 6.45) is 0. The maximum Gasteiger partial charge on any atom is 0.0753 e. The Bertz CT molecular complexity index is 471. The Morgan fingerprint density at radius 1 is 0.938 bits per heavy atom. The lowest BCUT2D eigenvalue weighted by Crippen LogP contribution is -1.98. The summed E-state index contributed by atoms with van der Waals surface area (Å²) >= 11 is 0. The number of hydrogen-bond acceptors (Lipinski definition) is 1. The van der Waals surface area contributed by atoms with Crippen LogP contribution < -0.4 is 5.11 Å². The molecule has 0 amide bonds.